The van der Waals surface area contributed by atoms with Crippen molar-refractivity contribution in [1.29, 1.82) is 0 Å². The summed E-state index contributed by atoms with van der Waals surface area (Å²) >= 11 is 1.55. The molecule has 0 unspecified atom stereocenters. The van der Waals surface area contributed by atoms with Gasteiger partial charge in [0, 0.05) is 24.0 Å². The molecule has 16 heavy (non-hydrogen) atoms. The molecule has 2 rings (SSSR count). The van der Waals surface area contributed by atoms with Crippen molar-refractivity contribution in [2.45, 2.75) is 12.8 Å². The molecule has 0 bridgehead atoms. The summed E-state index contributed by atoms with van der Waals surface area (Å²) in [6, 6.07) is 6.42. The molecule has 1 N–H and O–H groups in total. The van der Waals surface area contributed by atoms with Gasteiger partial charge < -0.3 is 5.11 Å². The van der Waals surface area contributed by atoms with Gasteiger partial charge in [-0.15, -0.1) is 11.3 Å². The monoisotopic (exact) mass is 237 g/mol. The first-order valence-electron chi connectivity index (χ1n) is 5.11. The van der Waals surface area contributed by atoms with Gasteiger partial charge in [0.2, 0.25) is 0 Å². The summed E-state index contributed by atoms with van der Waals surface area (Å²) < 4.78 is 13.0. The minimum Gasteiger partial charge on any atom is -0.396 e. The van der Waals surface area contributed by atoms with Crippen molar-refractivity contribution >= 4 is 11.3 Å². The van der Waals surface area contributed by atoms with E-state index in [1.807, 2.05) is 11.4 Å². The van der Waals surface area contributed by atoms with Gasteiger partial charge in [0.25, 0.3) is 0 Å². The van der Waals surface area contributed by atoms with Crippen molar-refractivity contribution in [1.82, 2.24) is 4.98 Å². The molecule has 0 radical (unpaired) electrons. The Labute approximate surface area is 97.4 Å². The molecule has 84 valence electrons. The van der Waals surface area contributed by atoms with E-state index in [-0.39, 0.29) is 12.4 Å². The van der Waals surface area contributed by atoms with Crippen LogP contribution in [0.5, 0.6) is 0 Å². The van der Waals surface area contributed by atoms with E-state index >= 15 is 0 Å². The summed E-state index contributed by atoms with van der Waals surface area (Å²) in [5.74, 6) is -0.248. The highest BCUT2D eigenvalue weighted by molar-refractivity contribution is 7.09. The number of hydrogen-bond donors (Lipinski definition) is 1. The van der Waals surface area contributed by atoms with E-state index in [0.717, 1.165) is 29.1 Å². The first kappa shape index (κ1) is 11.2. The fourth-order valence-electron chi connectivity index (χ4n) is 1.44. The molecule has 2 nitrogen and oxygen atoms in total. The number of rotatable bonds is 4. The highest BCUT2D eigenvalue weighted by Gasteiger charge is 2.04. The number of thiazole rings is 1. The van der Waals surface area contributed by atoms with Gasteiger partial charge in [-0.05, 0) is 18.6 Å². The molecule has 0 atom stereocenters. The van der Waals surface area contributed by atoms with Gasteiger partial charge in [0.1, 0.15) is 5.82 Å². The minimum absolute atomic E-state index is 0.175. The van der Waals surface area contributed by atoms with Crippen LogP contribution in [0, 0.1) is 5.82 Å². The van der Waals surface area contributed by atoms with Crippen molar-refractivity contribution in [2.75, 3.05) is 6.61 Å². The van der Waals surface area contributed by atoms with Crippen LogP contribution >= 0.6 is 11.3 Å². The summed E-state index contributed by atoms with van der Waals surface area (Å²) in [6.07, 6.45) is 1.49. The average Bonchev–Trinajstić information content (AvgIpc) is 2.75. The van der Waals surface area contributed by atoms with Gasteiger partial charge in [-0.3, -0.25) is 0 Å². The number of hydrogen-bond acceptors (Lipinski definition) is 3. The topological polar surface area (TPSA) is 33.1 Å². The van der Waals surface area contributed by atoms with E-state index in [0.29, 0.717) is 0 Å². The Kier molecular flexibility index (Phi) is 3.64. The van der Waals surface area contributed by atoms with Crippen LogP contribution in [0.3, 0.4) is 0 Å². The number of aliphatic hydroxyl groups excluding tert-OH is 1. The van der Waals surface area contributed by atoms with Gasteiger partial charge >= 0.3 is 0 Å². The number of benzene rings is 1. The Balaban J connectivity index is 2.18. The number of aryl methyl sites for hydroxylation is 1. The predicted molar refractivity (Wildman–Crippen MR) is 62.9 cm³/mol. The summed E-state index contributed by atoms with van der Waals surface area (Å²) in [5, 5.41) is 11.6. The van der Waals surface area contributed by atoms with Gasteiger partial charge in [-0.2, -0.15) is 0 Å². The minimum atomic E-state index is -0.248. The summed E-state index contributed by atoms with van der Waals surface area (Å²) in [4.78, 5) is 4.40. The fraction of sp³-hybridized carbons (Fsp3) is 0.250. The smallest absolute Gasteiger partial charge is 0.123 e. The SMILES string of the molecule is OCCCc1nc(-c2cccc(F)c2)cs1. The molecular weight excluding hydrogens is 225 g/mol. The summed E-state index contributed by atoms with van der Waals surface area (Å²) in [5.41, 5.74) is 1.60. The third kappa shape index (κ3) is 2.65. The van der Waals surface area contributed by atoms with Crippen molar-refractivity contribution in [3.63, 3.8) is 0 Å². The van der Waals surface area contributed by atoms with Crippen molar-refractivity contribution in [2.24, 2.45) is 0 Å². The normalized spacial score (nSPS) is 10.6. The number of nitrogens with zero attached hydrogens (tertiary/aromatic N) is 1. The molecule has 1 aromatic heterocycles. The van der Waals surface area contributed by atoms with Gasteiger partial charge in [0.05, 0.1) is 10.7 Å². The van der Waals surface area contributed by atoms with Gasteiger partial charge in [-0.1, -0.05) is 12.1 Å². The zero-order valence-corrected chi connectivity index (χ0v) is 9.51. The maximum atomic E-state index is 13.0. The molecule has 2 aromatic rings. The predicted octanol–water partition coefficient (Wildman–Crippen LogP) is 2.87. The van der Waals surface area contributed by atoms with Crippen LogP contribution < -0.4 is 0 Å². The molecule has 0 aliphatic carbocycles. The molecular formula is C12H12FNOS. The van der Waals surface area contributed by atoms with Crippen LogP contribution in [-0.4, -0.2) is 16.7 Å². The Bertz CT molecular complexity index is 470. The lowest BCUT2D eigenvalue weighted by molar-refractivity contribution is 0.288. The molecule has 0 spiro atoms. The number of aromatic nitrogens is 1. The van der Waals surface area contributed by atoms with Crippen LogP contribution in [-0.2, 0) is 6.42 Å². The van der Waals surface area contributed by atoms with E-state index in [2.05, 4.69) is 4.98 Å². The highest BCUT2D eigenvalue weighted by Crippen LogP contribution is 2.23. The Hall–Kier alpha value is -1.26. The van der Waals surface area contributed by atoms with E-state index in [1.165, 1.54) is 12.1 Å². The number of halogens is 1. The first-order valence-corrected chi connectivity index (χ1v) is 5.99. The van der Waals surface area contributed by atoms with Crippen LogP contribution in [0.25, 0.3) is 11.3 Å². The Morgan fingerprint density at radius 1 is 1.38 bits per heavy atom. The van der Waals surface area contributed by atoms with Crippen LogP contribution in [0.2, 0.25) is 0 Å². The zero-order chi connectivity index (χ0) is 11.4. The summed E-state index contributed by atoms with van der Waals surface area (Å²) in [7, 11) is 0. The molecule has 0 saturated heterocycles. The third-order valence-electron chi connectivity index (χ3n) is 2.22. The van der Waals surface area contributed by atoms with Gasteiger partial charge in [-0.25, -0.2) is 9.37 Å². The fourth-order valence-corrected chi connectivity index (χ4v) is 2.29. The molecule has 4 heteroatoms. The maximum absolute atomic E-state index is 13.0. The first-order chi connectivity index (χ1) is 7.79. The molecule has 1 heterocycles. The third-order valence-corrected chi connectivity index (χ3v) is 3.13. The lowest BCUT2D eigenvalue weighted by Crippen LogP contribution is -1.88. The quantitative estimate of drug-likeness (QED) is 0.887. The largest absolute Gasteiger partial charge is 0.396 e. The Morgan fingerprint density at radius 2 is 2.25 bits per heavy atom. The Morgan fingerprint density at radius 3 is 3.00 bits per heavy atom. The van der Waals surface area contributed by atoms with E-state index < -0.39 is 0 Å². The average molecular weight is 237 g/mol. The van der Waals surface area contributed by atoms with E-state index in [4.69, 9.17) is 5.11 Å². The lowest BCUT2D eigenvalue weighted by atomic mass is 10.2. The molecule has 0 fully saturated rings. The van der Waals surface area contributed by atoms with Crippen LogP contribution in [0.15, 0.2) is 29.6 Å². The second kappa shape index (κ2) is 5.18. The van der Waals surface area contributed by atoms with Crippen molar-refractivity contribution in [3.05, 3.63) is 40.5 Å². The highest BCUT2D eigenvalue weighted by atomic mass is 32.1. The zero-order valence-electron chi connectivity index (χ0n) is 8.69. The van der Waals surface area contributed by atoms with Crippen molar-refractivity contribution in [3.8, 4) is 11.3 Å². The van der Waals surface area contributed by atoms with Crippen molar-refractivity contribution < 1.29 is 9.50 Å². The standard InChI is InChI=1S/C12H12FNOS/c13-10-4-1-3-9(7-10)11-8-16-12(14-11)5-2-6-15/h1,3-4,7-8,15H,2,5-6H2. The molecule has 1 aromatic carbocycles. The maximum Gasteiger partial charge on any atom is 0.123 e. The summed E-state index contributed by atoms with van der Waals surface area (Å²) in [6.45, 7) is 0.175. The molecule has 0 saturated carbocycles. The van der Waals surface area contributed by atoms with Gasteiger partial charge in [0.15, 0.2) is 0 Å². The second-order valence-corrected chi connectivity index (χ2v) is 4.41. The van der Waals surface area contributed by atoms with E-state index in [9.17, 15) is 4.39 Å². The van der Waals surface area contributed by atoms with Crippen LogP contribution in [0.4, 0.5) is 4.39 Å². The van der Waals surface area contributed by atoms with E-state index in [1.54, 1.807) is 17.4 Å². The lowest BCUT2D eigenvalue weighted by Gasteiger charge is -1.96. The molecule has 0 aliphatic rings. The molecule has 0 aliphatic heterocycles. The second-order valence-electron chi connectivity index (χ2n) is 3.46. The van der Waals surface area contributed by atoms with Crippen LogP contribution in [0.1, 0.15) is 11.4 Å². The number of aliphatic hydroxyl groups is 1. The molecule has 0 amide bonds.